The highest BCUT2D eigenvalue weighted by atomic mass is 127. The van der Waals surface area contributed by atoms with Crippen molar-refractivity contribution in [1.82, 2.24) is 14.9 Å². The molecule has 1 rings (SSSR count). The number of hydrogen-bond acceptors (Lipinski definition) is 4. The molecule has 0 saturated carbocycles. The van der Waals surface area contributed by atoms with Crippen LogP contribution in [0.5, 0.6) is 0 Å². The second kappa shape index (κ2) is 12.1. The number of guanidine groups is 1. The van der Waals surface area contributed by atoms with E-state index < -0.39 is 10.0 Å². The summed E-state index contributed by atoms with van der Waals surface area (Å²) in [7, 11) is -3.22. The van der Waals surface area contributed by atoms with Crippen molar-refractivity contribution >= 4 is 51.3 Å². The fourth-order valence-corrected chi connectivity index (χ4v) is 4.65. The molecule has 0 fully saturated rings. The van der Waals surface area contributed by atoms with E-state index in [0.29, 0.717) is 32.1 Å². The smallest absolute Gasteiger partial charge is 0.215 e. The third kappa shape index (κ3) is 8.10. The number of halogens is 1. The first-order chi connectivity index (χ1) is 11.8. The number of aliphatic imine (C=N–C) groups is 1. The molecule has 0 aromatic carbocycles. The van der Waals surface area contributed by atoms with Crippen LogP contribution in [0.15, 0.2) is 22.5 Å². The van der Waals surface area contributed by atoms with Gasteiger partial charge in [0.2, 0.25) is 10.0 Å². The molecule has 0 bridgehead atoms. The van der Waals surface area contributed by atoms with Crippen LogP contribution in [0.2, 0.25) is 0 Å². The molecular weight excluding hydrogens is 483 g/mol. The summed E-state index contributed by atoms with van der Waals surface area (Å²) >= 11 is 1.73. The third-order valence-electron chi connectivity index (χ3n) is 3.92. The van der Waals surface area contributed by atoms with Crippen molar-refractivity contribution < 1.29 is 8.42 Å². The lowest BCUT2D eigenvalue weighted by molar-refractivity contribution is 0.445. The van der Waals surface area contributed by atoms with Crippen LogP contribution in [0, 0.1) is 0 Å². The highest BCUT2D eigenvalue weighted by Gasteiger charge is 2.22. The molecule has 9 heteroatoms. The van der Waals surface area contributed by atoms with E-state index in [1.807, 2.05) is 26.8 Å². The van der Waals surface area contributed by atoms with Crippen LogP contribution in [0.3, 0.4) is 0 Å². The van der Waals surface area contributed by atoms with Gasteiger partial charge in [0.05, 0.1) is 12.3 Å². The number of nitrogens with zero attached hydrogens (tertiary/aromatic N) is 2. The molecule has 0 atom stereocenters. The van der Waals surface area contributed by atoms with Crippen molar-refractivity contribution in [1.29, 1.82) is 0 Å². The molecule has 0 spiro atoms. The van der Waals surface area contributed by atoms with Gasteiger partial charge in [-0.15, -0.1) is 35.3 Å². The van der Waals surface area contributed by atoms with Crippen LogP contribution in [0.25, 0.3) is 0 Å². The molecule has 2 N–H and O–H groups in total. The van der Waals surface area contributed by atoms with Crippen LogP contribution < -0.4 is 10.6 Å². The lowest BCUT2D eigenvalue weighted by atomic mass is 9.92. The quantitative estimate of drug-likeness (QED) is 0.285. The van der Waals surface area contributed by atoms with Crippen LogP contribution >= 0.6 is 35.3 Å². The predicted molar refractivity (Wildman–Crippen MR) is 123 cm³/mol. The molecule has 26 heavy (non-hydrogen) atoms. The standard InChI is InChI=1S/C17H32N4O2S2.HI/c1-6-18-16(19-11-13-25(22,23)21(7-2)8-3)20-14-17(4,5)15-10-9-12-24-15;/h9-10,12H,6-8,11,13-14H2,1-5H3,(H2,18,19,20);1H. The van der Waals surface area contributed by atoms with Crippen molar-refractivity contribution in [2.75, 3.05) is 38.5 Å². The van der Waals surface area contributed by atoms with E-state index in [0.717, 1.165) is 6.54 Å². The molecule has 0 unspecified atom stereocenters. The highest BCUT2D eigenvalue weighted by molar-refractivity contribution is 14.0. The average molecular weight is 517 g/mol. The van der Waals surface area contributed by atoms with Gasteiger partial charge >= 0.3 is 0 Å². The van der Waals surface area contributed by atoms with Crippen molar-refractivity contribution in [2.24, 2.45) is 4.99 Å². The summed E-state index contributed by atoms with van der Waals surface area (Å²) in [6.07, 6.45) is 0. The predicted octanol–water partition coefficient (Wildman–Crippen LogP) is 2.87. The van der Waals surface area contributed by atoms with Gasteiger partial charge in [0.15, 0.2) is 5.96 Å². The molecular formula is C17H33IN4O2S2. The van der Waals surface area contributed by atoms with Gasteiger partial charge in [0.25, 0.3) is 0 Å². The van der Waals surface area contributed by atoms with Gasteiger partial charge in [-0.1, -0.05) is 33.8 Å². The van der Waals surface area contributed by atoms with Crippen LogP contribution in [-0.4, -0.2) is 57.2 Å². The Labute approximate surface area is 179 Å². The Kier molecular flexibility index (Phi) is 12.0. The molecule has 0 saturated heterocycles. The van der Waals surface area contributed by atoms with Gasteiger partial charge in [0.1, 0.15) is 0 Å². The zero-order chi connectivity index (χ0) is 18.9. The molecule has 0 aliphatic heterocycles. The monoisotopic (exact) mass is 516 g/mol. The summed E-state index contributed by atoms with van der Waals surface area (Å²) in [4.78, 5) is 5.93. The number of sulfonamides is 1. The number of rotatable bonds is 10. The summed E-state index contributed by atoms with van der Waals surface area (Å²) in [5.74, 6) is 0.717. The van der Waals surface area contributed by atoms with Gasteiger partial charge in [-0.3, -0.25) is 4.99 Å². The minimum Gasteiger partial charge on any atom is -0.357 e. The summed E-state index contributed by atoms with van der Waals surface area (Å²) < 4.78 is 25.9. The molecule has 1 heterocycles. The molecule has 0 amide bonds. The summed E-state index contributed by atoms with van der Waals surface area (Å²) in [6, 6.07) is 4.17. The minimum atomic E-state index is -3.22. The Morgan fingerprint density at radius 1 is 1.23 bits per heavy atom. The van der Waals surface area contributed by atoms with Gasteiger partial charge in [-0.25, -0.2) is 12.7 Å². The molecule has 1 aromatic rings. The van der Waals surface area contributed by atoms with E-state index in [1.54, 1.807) is 11.3 Å². The van der Waals surface area contributed by atoms with Crippen LogP contribution in [0.4, 0.5) is 0 Å². The van der Waals surface area contributed by atoms with Gasteiger partial charge < -0.3 is 10.6 Å². The largest absolute Gasteiger partial charge is 0.357 e. The molecule has 6 nitrogen and oxygen atoms in total. The first-order valence-electron chi connectivity index (χ1n) is 8.80. The van der Waals surface area contributed by atoms with Crippen LogP contribution in [0.1, 0.15) is 39.5 Å². The third-order valence-corrected chi connectivity index (χ3v) is 7.18. The van der Waals surface area contributed by atoms with Crippen molar-refractivity contribution in [3.8, 4) is 0 Å². The maximum Gasteiger partial charge on any atom is 0.215 e. The van der Waals surface area contributed by atoms with E-state index in [-0.39, 0.29) is 35.1 Å². The summed E-state index contributed by atoms with van der Waals surface area (Å²) in [5.41, 5.74) is -0.0518. The normalized spacial score (nSPS) is 12.8. The number of nitrogens with one attached hydrogen (secondary N) is 2. The Bertz CT molecular complexity index is 627. The summed E-state index contributed by atoms with van der Waals surface area (Å²) in [5, 5.41) is 8.38. The van der Waals surface area contributed by atoms with E-state index in [9.17, 15) is 8.42 Å². The summed E-state index contributed by atoms with van der Waals surface area (Å²) in [6.45, 7) is 12.7. The zero-order valence-electron chi connectivity index (χ0n) is 16.4. The number of thiophene rings is 1. The fraction of sp³-hybridized carbons (Fsp3) is 0.706. The maximum absolute atomic E-state index is 12.2. The second-order valence-electron chi connectivity index (χ2n) is 6.38. The minimum absolute atomic E-state index is 0. The van der Waals surface area contributed by atoms with Crippen molar-refractivity contribution in [2.45, 2.75) is 40.0 Å². The first kappa shape index (κ1) is 25.6. The first-order valence-corrected chi connectivity index (χ1v) is 11.3. The van der Waals surface area contributed by atoms with E-state index >= 15 is 0 Å². The topological polar surface area (TPSA) is 73.8 Å². The Hall–Kier alpha value is -0.390. The lowest BCUT2D eigenvalue weighted by Gasteiger charge is -2.22. The Morgan fingerprint density at radius 2 is 1.88 bits per heavy atom. The highest BCUT2D eigenvalue weighted by Crippen LogP contribution is 2.27. The van der Waals surface area contributed by atoms with Gasteiger partial charge in [-0.2, -0.15) is 0 Å². The van der Waals surface area contributed by atoms with Gasteiger partial charge in [-0.05, 0) is 18.4 Å². The molecule has 1 aromatic heterocycles. The number of hydrogen-bond donors (Lipinski definition) is 2. The maximum atomic E-state index is 12.2. The second-order valence-corrected chi connectivity index (χ2v) is 9.42. The van der Waals surface area contributed by atoms with Gasteiger partial charge in [0, 0.05) is 36.5 Å². The molecule has 0 radical (unpaired) electrons. The zero-order valence-corrected chi connectivity index (χ0v) is 20.4. The van der Waals surface area contributed by atoms with E-state index in [1.165, 1.54) is 9.18 Å². The molecule has 0 aliphatic rings. The van der Waals surface area contributed by atoms with E-state index in [4.69, 9.17) is 0 Å². The fourth-order valence-electron chi connectivity index (χ4n) is 2.40. The SMILES string of the molecule is CCNC(=NCC(C)(C)c1cccs1)NCCS(=O)(=O)N(CC)CC.I. The average Bonchev–Trinajstić information content (AvgIpc) is 3.08. The van der Waals surface area contributed by atoms with Crippen molar-refractivity contribution in [3.63, 3.8) is 0 Å². The molecule has 152 valence electrons. The Morgan fingerprint density at radius 3 is 2.38 bits per heavy atom. The lowest BCUT2D eigenvalue weighted by Crippen LogP contribution is -2.42. The van der Waals surface area contributed by atoms with Crippen molar-refractivity contribution in [3.05, 3.63) is 22.4 Å². The Balaban J connectivity index is 0.00000625. The molecule has 0 aliphatic carbocycles. The van der Waals surface area contributed by atoms with E-state index in [2.05, 4.69) is 40.9 Å². The van der Waals surface area contributed by atoms with Crippen LogP contribution in [-0.2, 0) is 15.4 Å².